The number of hydrogen-bond acceptors (Lipinski definition) is 2. The molecule has 0 N–H and O–H groups in total. The second-order valence-corrected chi connectivity index (χ2v) is 8.05. The van der Waals surface area contributed by atoms with E-state index >= 15 is 0 Å². The highest BCUT2D eigenvalue weighted by Gasteiger charge is 2.28. The van der Waals surface area contributed by atoms with Gasteiger partial charge >= 0.3 is 0 Å². The average Bonchev–Trinajstić information content (AvgIpc) is 3.26. The third-order valence-corrected chi connectivity index (χ3v) is 5.86. The smallest absolute Gasteiger partial charge is 0.222 e. The molecule has 0 bridgehead atoms. The van der Waals surface area contributed by atoms with Gasteiger partial charge in [-0.25, -0.2) is 4.98 Å². The number of nitrogens with zero attached hydrogens (tertiary/aromatic N) is 3. The molecule has 1 aromatic carbocycles. The van der Waals surface area contributed by atoms with E-state index in [-0.39, 0.29) is 0 Å². The Morgan fingerprint density at radius 3 is 2.73 bits per heavy atom. The molecule has 1 atom stereocenters. The number of amides is 1. The zero-order chi connectivity index (χ0) is 17.9. The summed E-state index contributed by atoms with van der Waals surface area (Å²) in [6.07, 6.45) is 8.30. The van der Waals surface area contributed by atoms with E-state index < -0.39 is 0 Å². The largest absolute Gasteiger partial charge is 0.342 e. The van der Waals surface area contributed by atoms with Gasteiger partial charge in [-0.1, -0.05) is 30.3 Å². The molecule has 1 aliphatic heterocycles. The Balaban J connectivity index is 1.29. The van der Waals surface area contributed by atoms with E-state index in [2.05, 4.69) is 33.5 Å². The summed E-state index contributed by atoms with van der Waals surface area (Å²) < 4.78 is 2.41. The van der Waals surface area contributed by atoms with Crippen LogP contribution in [0.25, 0.3) is 0 Å². The molecule has 1 saturated carbocycles. The molecule has 2 heterocycles. The number of carbonyl (C=O) groups is 1. The van der Waals surface area contributed by atoms with Crippen molar-refractivity contribution in [3.63, 3.8) is 0 Å². The summed E-state index contributed by atoms with van der Waals surface area (Å²) >= 11 is 0. The van der Waals surface area contributed by atoms with Crippen molar-refractivity contribution in [1.29, 1.82) is 0 Å². The van der Waals surface area contributed by atoms with Crippen LogP contribution in [0, 0.1) is 18.8 Å². The fourth-order valence-electron chi connectivity index (χ4n) is 4.02. The second-order valence-electron chi connectivity index (χ2n) is 8.05. The maximum atomic E-state index is 12.5. The summed E-state index contributed by atoms with van der Waals surface area (Å²) in [6, 6.07) is 10.3. The second kappa shape index (κ2) is 7.65. The number of hydrogen-bond donors (Lipinski definition) is 0. The lowest BCUT2D eigenvalue weighted by Gasteiger charge is -2.17. The van der Waals surface area contributed by atoms with E-state index in [1.165, 1.54) is 29.9 Å². The highest BCUT2D eigenvalue weighted by molar-refractivity contribution is 5.76. The fraction of sp³-hybridized carbons (Fsp3) is 0.545. The Labute approximate surface area is 156 Å². The number of likely N-dealkylation sites (tertiary alicyclic amines) is 1. The number of carbonyl (C=O) groups excluding carboxylic acids is 1. The summed E-state index contributed by atoms with van der Waals surface area (Å²) in [5.74, 6) is 2.93. The fourth-order valence-corrected chi connectivity index (χ4v) is 4.02. The van der Waals surface area contributed by atoms with Gasteiger partial charge in [0.2, 0.25) is 5.91 Å². The molecule has 0 spiro atoms. The van der Waals surface area contributed by atoms with Gasteiger partial charge in [0.25, 0.3) is 0 Å². The van der Waals surface area contributed by atoms with Crippen molar-refractivity contribution in [2.75, 3.05) is 13.1 Å². The quantitative estimate of drug-likeness (QED) is 0.764. The van der Waals surface area contributed by atoms with E-state index in [1.54, 1.807) is 0 Å². The van der Waals surface area contributed by atoms with Gasteiger partial charge in [-0.3, -0.25) is 4.79 Å². The van der Waals surface area contributed by atoms with Crippen LogP contribution in [0.5, 0.6) is 0 Å². The highest BCUT2D eigenvalue weighted by Crippen LogP contribution is 2.32. The lowest BCUT2D eigenvalue weighted by Crippen LogP contribution is -2.29. The van der Waals surface area contributed by atoms with Gasteiger partial charge in [0, 0.05) is 44.4 Å². The average molecular weight is 351 g/mol. The van der Waals surface area contributed by atoms with Crippen molar-refractivity contribution in [2.24, 2.45) is 11.8 Å². The van der Waals surface area contributed by atoms with Gasteiger partial charge in [0.05, 0.1) is 0 Å². The molecule has 138 valence electrons. The SMILES string of the molecule is Cc1cnc(CC2CCN(C(=O)CCc3ccccc3)C2)n1CC1CC1. The van der Waals surface area contributed by atoms with Crippen LogP contribution in [-0.4, -0.2) is 33.4 Å². The van der Waals surface area contributed by atoms with E-state index in [0.29, 0.717) is 18.2 Å². The highest BCUT2D eigenvalue weighted by atomic mass is 16.2. The summed E-state index contributed by atoms with van der Waals surface area (Å²) in [4.78, 5) is 19.3. The van der Waals surface area contributed by atoms with Gasteiger partial charge < -0.3 is 9.47 Å². The maximum absolute atomic E-state index is 12.5. The first kappa shape index (κ1) is 17.3. The van der Waals surface area contributed by atoms with Gasteiger partial charge in [0.15, 0.2) is 0 Å². The van der Waals surface area contributed by atoms with Crippen LogP contribution in [0.3, 0.4) is 0 Å². The first-order valence-corrected chi connectivity index (χ1v) is 10.0. The molecular weight excluding hydrogens is 322 g/mol. The van der Waals surface area contributed by atoms with Gasteiger partial charge in [0.1, 0.15) is 5.82 Å². The molecule has 4 rings (SSSR count). The zero-order valence-corrected chi connectivity index (χ0v) is 15.7. The van der Waals surface area contributed by atoms with Crippen molar-refractivity contribution >= 4 is 5.91 Å². The van der Waals surface area contributed by atoms with Crippen molar-refractivity contribution in [3.05, 3.63) is 53.6 Å². The molecule has 1 aliphatic carbocycles. The third kappa shape index (κ3) is 4.17. The predicted octanol–water partition coefficient (Wildman–Crippen LogP) is 3.63. The Hall–Kier alpha value is -2.10. The van der Waals surface area contributed by atoms with Crippen LogP contribution in [0.15, 0.2) is 36.5 Å². The van der Waals surface area contributed by atoms with Crippen LogP contribution >= 0.6 is 0 Å². The normalized spacial score (nSPS) is 19.9. The molecule has 2 fully saturated rings. The Bertz CT molecular complexity index is 748. The lowest BCUT2D eigenvalue weighted by molar-refractivity contribution is -0.130. The minimum Gasteiger partial charge on any atom is -0.342 e. The minimum absolute atomic E-state index is 0.300. The monoisotopic (exact) mass is 351 g/mol. The van der Waals surface area contributed by atoms with Crippen molar-refractivity contribution < 1.29 is 4.79 Å². The molecule has 4 nitrogen and oxygen atoms in total. The van der Waals surface area contributed by atoms with Crippen LogP contribution in [0.2, 0.25) is 0 Å². The van der Waals surface area contributed by atoms with E-state index in [1.807, 2.05) is 24.4 Å². The van der Waals surface area contributed by atoms with Crippen molar-refractivity contribution in [2.45, 2.75) is 52.0 Å². The molecule has 1 saturated heterocycles. The third-order valence-electron chi connectivity index (χ3n) is 5.86. The number of rotatable bonds is 7. The molecule has 1 amide bonds. The Morgan fingerprint density at radius 2 is 1.96 bits per heavy atom. The van der Waals surface area contributed by atoms with Gasteiger partial charge in [-0.2, -0.15) is 0 Å². The molecule has 4 heteroatoms. The summed E-state index contributed by atoms with van der Waals surface area (Å²) in [5.41, 5.74) is 2.52. The van der Waals surface area contributed by atoms with Crippen LogP contribution in [-0.2, 0) is 24.2 Å². The number of aryl methyl sites for hydroxylation is 2. The molecule has 1 aromatic heterocycles. The molecule has 2 aromatic rings. The lowest BCUT2D eigenvalue weighted by atomic mass is 10.0. The number of imidazole rings is 1. The standard InChI is InChI=1S/C22H29N3O/c1-17-14-23-21(25(17)16-19-7-8-19)13-20-11-12-24(15-20)22(26)10-9-18-5-3-2-4-6-18/h2-6,14,19-20H,7-13,15-16H2,1H3. The first-order chi connectivity index (χ1) is 12.7. The van der Waals surface area contributed by atoms with Crippen LogP contribution in [0.4, 0.5) is 0 Å². The molecular formula is C22H29N3O. The summed E-state index contributed by atoms with van der Waals surface area (Å²) in [6.45, 7) is 5.09. The predicted molar refractivity (Wildman–Crippen MR) is 103 cm³/mol. The Kier molecular flexibility index (Phi) is 5.09. The maximum Gasteiger partial charge on any atom is 0.222 e. The van der Waals surface area contributed by atoms with Crippen molar-refractivity contribution in [3.8, 4) is 0 Å². The molecule has 2 aliphatic rings. The van der Waals surface area contributed by atoms with E-state index in [9.17, 15) is 4.79 Å². The first-order valence-electron chi connectivity index (χ1n) is 10.0. The van der Waals surface area contributed by atoms with Crippen LogP contribution in [0.1, 0.15) is 42.8 Å². The molecule has 26 heavy (non-hydrogen) atoms. The van der Waals surface area contributed by atoms with Crippen LogP contribution < -0.4 is 0 Å². The minimum atomic E-state index is 0.300. The topological polar surface area (TPSA) is 38.1 Å². The zero-order valence-electron chi connectivity index (χ0n) is 15.7. The summed E-state index contributed by atoms with van der Waals surface area (Å²) in [5, 5.41) is 0. The van der Waals surface area contributed by atoms with E-state index in [4.69, 9.17) is 0 Å². The Morgan fingerprint density at radius 1 is 1.15 bits per heavy atom. The van der Waals surface area contributed by atoms with Gasteiger partial charge in [-0.15, -0.1) is 0 Å². The number of benzene rings is 1. The van der Waals surface area contributed by atoms with Crippen molar-refractivity contribution in [1.82, 2.24) is 14.5 Å². The summed E-state index contributed by atoms with van der Waals surface area (Å²) in [7, 11) is 0. The number of aromatic nitrogens is 2. The van der Waals surface area contributed by atoms with Gasteiger partial charge in [-0.05, 0) is 50.0 Å². The molecule has 0 radical (unpaired) electrons. The van der Waals surface area contributed by atoms with E-state index in [0.717, 1.165) is 44.8 Å². The molecule has 1 unspecified atom stereocenters.